The normalized spacial score (nSPS) is 10.9. The maximum absolute atomic E-state index is 12.5. The van der Waals surface area contributed by atoms with Crippen molar-refractivity contribution in [1.82, 2.24) is 15.2 Å². The summed E-state index contributed by atoms with van der Waals surface area (Å²) >= 11 is 0. The number of para-hydroxylation sites is 1. The second-order valence-corrected chi connectivity index (χ2v) is 8.69. The number of anilines is 1. The van der Waals surface area contributed by atoms with Crippen LogP contribution in [-0.2, 0) is 21.4 Å². The number of benzene rings is 2. The number of nitrogens with one attached hydrogen (secondary N) is 3. The summed E-state index contributed by atoms with van der Waals surface area (Å²) in [5.41, 5.74) is 4.87. The first kappa shape index (κ1) is 23.9. The van der Waals surface area contributed by atoms with Gasteiger partial charge in [0, 0.05) is 31.2 Å². The van der Waals surface area contributed by atoms with E-state index in [2.05, 4.69) is 20.5 Å². The van der Waals surface area contributed by atoms with Crippen LogP contribution in [0.5, 0.6) is 0 Å². The van der Waals surface area contributed by atoms with Crippen molar-refractivity contribution >= 4 is 21.6 Å². The van der Waals surface area contributed by atoms with Gasteiger partial charge in [0.2, 0.25) is 10.0 Å². The van der Waals surface area contributed by atoms with Crippen molar-refractivity contribution in [1.29, 1.82) is 5.26 Å². The number of carbonyl (C=O) groups excluding carboxylic acids is 1. The summed E-state index contributed by atoms with van der Waals surface area (Å²) in [5, 5.41) is 12.0. The van der Waals surface area contributed by atoms with Gasteiger partial charge < -0.3 is 5.32 Å². The SMILES string of the molecule is N#Cc1ccc(S(=O)(=O)NCCCONC(=O)c2ccccc2NCc2ccncc2)cc1. The molecule has 0 spiro atoms. The minimum atomic E-state index is -3.68. The Hall–Kier alpha value is -3.78. The number of hydroxylamine groups is 1. The van der Waals surface area contributed by atoms with Crippen LogP contribution in [0.2, 0.25) is 0 Å². The Bertz CT molecular complexity index is 1210. The maximum Gasteiger partial charge on any atom is 0.276 e. The van der Waals surface area contributed by atoms with Gasteiger partial charge in [-0.3, -0.25) is 14.6 Å². The quantitative estimate of drug-likeness (QED) is 0.293. The molecule has 0 saturated carbocycles. The Labute approximate surface area is 192 Å². The molecule has 33 heavy (non-hydrogen) atoms. The molecule has 10 heteroatoms. The first-order valence-corrected chi connectivity index (χ1v) is 11.6. The smallest absolute Gasteiger partial charge is 0.276 e. The van der Waals surface area contributed by atoms with Gasteiger partial charge in [0.05, 0.1) is 28.7 Å². The molecule has 2 aromatic carbocycles. The molecule has 0 radical (unpaired) electrons. The summed E-state index contributed by atoms with van der Waals surface area (Å²) in [6, 6.07) is 18.4. The van der Waals surface area contributed by atoms with Gasteiger partial charge in [-0.25, -0.2) is 18.6 Å². The molecule has 0 aliphatic rings. The molecule has 9 nitrogen and oxygen atoms in total. The zero-order chi connectivity index (χ0) is 23.5. The fourth-order valence-corrected chi connectivity index (χ4v) is 3.92. The molecule has 1 aromatic heterocycles. The standard InChI is InChI=1S/C23H23N5O4S/c24-16-18-6-8-20(9-7-18)33(30,31)27-12-3-15-32-28-23(29)21-4-1-2-5-22(21)26-17-19-10-13-25-14-11-19/h1-2,4-11,13-14,26-27H,3,12,15,17H2,(H,28,29). The van der Waals surface area contributed by atoms with Crippen molar-refractivity contribution in [2.45, 2.75) is 17.9 Å². The number of sulfonamides is 1. The molecule has 3 rings (SSSR count). The third kappa shape index (κ3) is 7.11. The van der Waals surface area contributed by atoms with Gasteiger partial charge in [0.25, 0.3) is 5.91 Å². The predicted molar refractivity (Wildman–Crippen MR) is 122 cm³/mol. The van der Waals surface area contributed by atoms with Crippen LogP contribution >= 0.6 is 0 Å². The lowest BCUT2D eigenvalue weighted by Crippen LogP contribution is -2.28. The molecule has 3 N–H and O–H groups in total. The predicted octanol–water partition coefficient (Wildman–Crippen LogP) is 2.60. The number of hydrogen-bond acceptors (Lipinski definition) is 7. The number of nitriles is 1. The van der Waals surface area contributed by atoms with Crippen molar-refractivity contribution in [3.05, 3.63) is 89.7 Å². The molecule has 170 valence electrons. The Morgan fingerprint density at radius 3 is 2.48 bits per heavy atom. The number of hydrogen-bond donors (Lipinski definition) is 3. The molecule has 0 unspecified atom stereocenters. The average Bonchev–Trinajstić information content (AvgIpc) is 2.85. The highest BCUT2D eigenvalue weighted by Crippen LogP contribution is 2.16. The molecule has 0 aliphatic carbocycles. The van der Waals surface area contributed by atoms with Crippen LogP contribution in [0.1, 0.15) is 27.9 Å². The molecular weight excluding hydrogens is 442 g/mol. The van der Waals surface area contributed by atoms with Crippen LogP contribution in [0, 0.1) is 11.3 Å². The van der Waals surface area contributed by atoms with Crippen LogP contribution in [-0.4, -0.2) is 32.5 Å². The molecule has 0 fully saturated rings. The molecule has 0 saturated heterocycles. The van der Waals surface area contributed by atoms with Crippen LogP contribution in [0.25, 0.3) is 0 Å². The van der Waals surface area contributed by atoms with Crippen molar-refractivity contribution in [3.63, 3.8) is 0 Å². The third-order valence-electron chi connectivity index (χ3n) is 4.58. The van der Waals surface area contributed by atoms with Crippen LogP contribution in [0.4, 0.5) is 5.69 Å². The fraction of sp³-hybridized carbons (Fsp3) is 0.174. The summed E-state index contributed by atoms with van der Waals surface area (Å²) in [5.74, 6) is -0.411. The zero-order valence-corrected chi connectivity index (χ0v) is 18.5. The molecule has 0 bridgehead atoms. The molecule has 0 atom stereocenters. The van der Waals surface area contributed by atoms with E-state index in [-0.39, 0.29) is 18.0 Å². The first-order valence-electron chi connectivity index (χ1n) is 10.1. The minimum Gasteiger partial charge on any atom is -0.380 e. The second kappa shape index (κ2) is 11.7. The number of pyridine rings is 1. The average molecular weight is 466 g/mol. The van der Waals surface area contributed by atoms with Crippen LogP contribution in [0.15, 0.2) is 78.0 Å². The zero-order valence-electron chi connectivity index (χ0n) is 17.7. The van der Waals surface area contributed by atoms with E-state index in [4.69, 9.17) is 10.1 Å². The largest absolute Gasteiger partial charge is 0.380 e. The van der Waals surface area contributed by atoms with Crippen molar-refractivity contribution in [3.8, 4) is 6.07 Å². The highest BCUT2D eigenvalue weighted by molar-refractivity contribution is 7.89. The lowest BCUT2D eigenvalue weighted by atomic mass is 10.1. The van der Waals surface area contributed by atoms with Crippen molar-refractivity contribution in [2.75, 3.05) is 18.5 Å². The van der Waals surface area contributed by atoms with Crippen LogP contribution in [0.3, 0.4) is 0 Å². The molecule has 1 amide bonds. The topological polar surface area (TPSA) is 133 Å². The number of carbonyl (C=O) groups is 1. The Morgan fingerprint density at radius 2 is 1.76 bits per heavy atom. The molecular formula is C23H23N5O4S. The number of amides is 1. The molecule has 3 aromatic rings. The van der Waals surface area contributed by atoms with E-state index in [1.807, 2.05) is 24.3 Å². The highest BCUT2D eigenvalue weighted by Gasteiger charge is 2.14. The van der Waals surface area contributed by atoms with Gasteiger partial charge >= 0.3 is 0 Å². The Morgan fingerprint density at radius 1 is 1.03 bits per heavy atom. The van der Waals surface area contributed by atoms with E-state index in [0.29, 0.717) is 29.8 Å². The fourth-order valence-electron chi connectivity index (χ4n) is 2.85. The first-order chi connectivity index (χ1) is 16.0. The molecule has 0 aliphatic heterocycles. The van der Waals surface area contributed by atoms with Crippen LogP contribution < -0.4 is 15.5 Å². The number of nitrogens with zero attached hydrogens (tertiary/aromatic N) is 2. The third-order valence-corrected chi connectivity index (χ3v) is 6.05. The summed E-state index contributed by atoms with van der Waals surface area (Å²) in [7, 11) is -3.68. The van der Waals surface area contributed by atoms with E-state index in [1.54, 1.807) is 30.6 Å². The van der Waals surface area contributed by atoms with E-state index >= 15 is 0 Å². The van der Waals surface area contributed by atoms with Crippen molar-refractivity contribution < 1.29 is 18.0 Å². The van der Waals surface area contributed by atoms with Gasteiger partial charge in [0.15, 0.2) is 0 Å². The minimum absolute atomic E-state index is 0.0755. The Kier molecular flexibility index (Phi) is 8.49. The lowest BCUT2D eigenvalue weighted by Gasteiger charge is -2.12. The van der Waals surface area contributed by atoms with E-state index in [1.165, 1.54) is 24.3 Å². The monoisotopic (exact) mass is 465 g/mol. The summed E-state index contributed by atoms with van der Waals surface area (Å²) < 4.78 is 26.9. The Balaban J connectivity index is 1.42. The summed E-state index contributed by atoms with van der Waals surface area (Å²) in [4.78, 5) is 21.8. The highest BCUT2D eigenvalue weighted by atomic mass is 32.2. The summed E-state index contributed by atoms with van der Waals surface area (Å²) in [6.45, 7) is 0.781. The summed E-state index contributed by atoms with van der Waals surface area (Å²) in [6.07, 6.45) is 3.75. The second-order valence-electron chi connectivity index (χ2n) is 6.92. The van der Waals surface area contributed by atoms with Gasteiger partial charge in [-0.1, -0.05) is 12.1 Å². The van der Waals surface area contributed by atoms with Gasteiger partial charge in [-0.05, 0) is 60.5 Å². The van der Waals surface area contributed by atoms with E-state index < -0.39 is 15.9 Å². The van der Waals surface area contributed by atoms with E-state index in [0.717, 1.165) is 5.56 Å². The van der Waals surface area contributed by atoms with Crippen molar-refractivity contribution in [2.24, 2.45) is 0 Å². The number of aromatic nitrogens is 1. The molecule has 1 heterocycles. The maximum atomic E-state index is 12.5. The van der Waals surface area contributed by atoms with Gasteiger partial charge in [0.1, 0.15) is 0 Å². The van der Waals surface area contributed by atoms with E-state index in [9.17, 15) is 13.2 Å². The lowest BCUT2D eigenvalue weighted by molar-refractivity contribution is 0.0308. The van der Waals surface area contributed by atoms with Gasteiger partial charge in [-0.2, -0.15) is 5.26 Å². The number of rotatable bonds is 11. The van der Waals surface area contributed by atoms with Gasteiger partial charge in [-0.15, -0.1) is 0 Å².